The highest BCUT2D eigenvalue weighted by molar-refractivity contribution is 6.38. The minimum atomic E-state index is -1.09. The van der Waals surface area contributed by atoms with Crippen molar-refractivity contribution < 1.29 is 14.4 Å². The van der Waals surface area contributed by atoms with E-state index in [0.717, 1.165) is 22.3 Å². The minimum Gasteiger partial charge on any atom is -0.298 e. The van der Waals surface area contributed by atoms with E-state index in [1.807, 2.05) is 74.5 Å². The van der Waals surface area contributed by atoms with Crippen LogP contribution in [0, 0.1) is 22.7 Å². The third kappa shape index (κ3) is 2.58. The fourth-order valence-corrected chi connectivity index (χ4v) is 7.55. The van der Waals surface area contributed by atoms with E-state index in [1.165, 1.54) is 4.90 Å². The molecule has 4 nitrogen and oxygen atoms in total. The van der Waals surface area contributed by atoms with Crippen LogP contribution >= 0.6 is 11.6 Å². The molecule has 1 aliphatic heterocycles. The van der Waals surface area contributed by atoms with Crippen LogP contribution in [0.1, 0.15) is 37.8 Å². The van der Waals surface area contributed by atoms with Gasteiger partial charge in [0.2, 0.25) is 11.8 Å². The highest BCUT2D eigenvalue weighted by atomic mass is 35.5. The van der Waals surface area contributed by atoms with Gasteiger partial charge in [-0.3, -0.25) is 14.4 Å². The molecular formula is C31H26ClNO3. The SMILES string of the molecule is CC[C@]12C(=O)[C@](CC)(C(c3ccccc3)=C1c1ccccc1)[C@H]1C(=O)N(c3ccccc3Cl)C(=O)[C@H]12. The molecule has 1 saturated heterocycles. The van der Waals surface area contributed by atoms with Crippen LogP contribution in [0.3, 0.4) is 0 Å². The molecule has 6 rings (SSSR count). The molecule has 5 heteroatoms. The standard InChI is InChI=1S/C31H26ClNO3/c1-3-30-23(19-13-7-5-8-14-19)24(20-15-9-6-10-16-20)31(4-2,29(30)36)26-25(30)27(34)33(28(26)35)22-18-12-11-17-21(22)32/h5-18,25-26H,3-4H2,1-2H3/t25-,26+,30-,31+. The van der Waals surface area contributed by atoms with Gasteiger partial charge in [0.1, 0.15) is 0 Å². The number of rotatable bonds is 5. The second-order valence-corrected chi connectivity index (χ2v) is 10.3. The maximum atomic E-state index is 14.7. The Hall–Kier alpha value is -3.50. The Morgan fingerprint density at radius 2 is 1.08 bits per heavy atom. The number of hydrogen-bond acceptors (Lipinski definition) is 3. The van der Waals surface area contributed by atoms with E-state index in [2.05, 4.69) is 0 Å². The largest absolute Gasteiger partial charge is 0.298 e. The Labute approximate surface area is 215 Å². The molecule has 2 aliphatic carbocycles. The summed E-state index contributed by atoms with van der Waals surface area (Å²) in [5, 5.41) is 0.341. The highest BCUT2D eigenvalue weighted by Gasteiger charge is 2.80. The Morgan fingerprint density at radius 1 is 0.667 bits per heavy atom. The Kier molecular flexibility index (Phi) is 5.10. The van der Waals surface area contributed by atoms with Gasteiger partial charge in [0.15, 0.2) is 5.78 Å². The minimum absolute atomic E-state index is 0.00761. The molecule has 1 heterocycles. The number of imide groups is 1. The summed E-state index contributed by atoms with van der Waals surface area (Å²) in [6, 6.07) is 26.7. The molecular weight excluding hydrogens is 470 g/mol. The lowest BCUT2D eigenvalue weighted by Gasteiger charge is -2.38. The number of ketones is 1. The van der Waals surface area contributed by atoms with Crippen molar-refractivity contribution in [1.82, 2.24) is 0 Å². The molecule has 0 unspecified atom stereocenters. The Bertz CT molecular complexity index is 1360. The summed E-state index contributed by atoms with van der Waals surface area (Å²) >= 11 is 6.47. The summed E-state index contributed by atoms with van der Waals surface area (Å²) < 4.78 is 0. The molecule has 2 amide bonds. The smallest absolute Gasteiger partial charge is 0.239 e. The number of carbonyl (C=O) groups is 3. The summed E-state index contributed by atoms with van der Waals surface area (Å²) in [5.41, 5.74) is 1.86. The fraction of sp³-hybridized carbons (Fsp3) is 0.258. The van der Waals surface area contributed by atoms with Crippen molar-refractivity contribution in [2.24, 2.45) is 22.7 Å². The first-order valence-electron chi connectivity index (χ1n) is 12.5. The lowest BCUT2D eigenvalue weighted by molar-refractivity contribution is -0.134. The molecule has 3 aromatic rings. The van der Waals surface area contributed by atoms with Crippen LogP contribution in [0.2, 0.25) is 5.02 Å². The molecule has 180 valence electrons. The molecule has 36 heavy (non-hydrogen) atoms. The molecule has 3 aliphatic rings. The van der Waals surface area contributed by atoms with Crippen LogP contribution in [0.25, 0.3) is 11.1 Å². The highest BCUT2D eigenvalue weighted by Crippen LogP contribution is 2.75. The normalized spacial score (nSPS) is 28.9. The number of allylic oxidation sites excluding steroid dienone is 2. The third-order valence-corrected chi connectivity index (χ3v) is 8.97. The zero-order valence-corrected chi connectivity index (χ0v) is 21.0. The van der Waals surface area contributed by atoms with Gasteiger partial charge >= 0.3 is 0 Å². The number of carbonyl (C=O) groups excluding carboxylic acids is 3. The van der Waals surface area contributed by atoms with Crippen molar-refractivity contribution >= 4 is 46.0 Å². The predicted molar refractivity (Wildman–Crippen MR) is 141 cm³/mol. The first-order chi connectivity index (χ1) is 17.4. The monoisotopic (exact) mass is 495 g/mol. The van der Waals surface area contributed by atoms with Gasteiger partial charge < -0.3 is 0 Å². The first kappa shape index (κ1) is 22.9. The third-order valence-electron chi connectivity index (χ3n) is 8.65. The molecule has 2 fully saturated rings. The van der Waals surface area contributed by atoms with Gasteiger partial charge in [-0.05, 0) is 47.2 Å². The predicted octanol–water partition coefficient (Wildman–Crippen LogP) is 6.45. The van der Waals surface area contributed by atoms with Crippen molar-refractivity contribution in [3.05, 3.63) is 101 Å². The van der Waals surface area contributed by atoms with Crippen molar-refractivity contribution in [3.8, 4) is 0 Å². The molecule has 4 atom stereocenters. The van der Waals surface area contributed by atoms with E-state index < -0.39 is 22.7 Å². The lowest BCUT2D eigenvalue weighted by atomic mass is 9.60. The quantitative estimate of drug-likeness (QED) is 0.382. The van der Waals surface area contributed by atoms with E-state index in [-0.39, 0.29) is 17.6 Å². The number of nitrogens with zero attached hydrogens (tertiary/aromatic N) is 1. The maximum absolute atomic E-state index is 14.7. The summed E-state index contributed by atoms with van der Waals surface area (Å²) in [5.74, 6) is -2.18. The van der Waals surface area contributed by atoms with Crippen LogP contribution in [-0.2, 0) is 14.4 Å². The second kappa shape index (κ2) is 8.01. The number of benzene rings is 3. The Balaban J connectivity index is 1.69. The van der Waals surface area contributed by atoms with Crippen molar-refractivity contribution in [2.75, 3.05) is 4.90 Å². The molecule has 0 radical (unpaired) electrons. The van der Waals surface area contributed by atoms with E-state index in [1.54, 1.807) is 24.3 Å². The molecule has 0 spiro atoms. The van der Waals surface area contributed by atoms with Crippen LogP contribution in [0.15, 0.2) is 84.9 Å². The van der Waals surface area contributed by atoms with Gasteiger partial charge in [-0.2, -0.15) is 0 Å². The molecule has 1 saturated carbocycles. The van der Waals surface area contributed by atoms with Gasteiger partial charge in [0.05, 0.1) is 33.4 Å². The van der Waals surface area contributed by atoms with Crippen LogP contribution < -0.4 is 4.90 Å². The van der Waals surface area contributed by atoms with Crippen molar-refractivity contribution in [1.29, 1.82) is 0 Å². The molecule has 0 N–H and O–H groups in total. The maximum Gasteiger partial charge on any atom is 0.239 e. The van der Waals surface area contributed by atoms with Gasteiger partial charge in [0, 0.05) is 0 Å². The van der Waals surface area contributed by atoms with E-state index >= 15 is 0 Å². The number of Topliss-reactive ketones (excluding diaryl/α,β-unsaturated/α-hetero) is 1. The van der Waals surface area contributed by atoms with E-state index in [9.17, 15) is 14.4 Å². The average Bonchev–Trinajstić information content (AvgIpc) is 3.41. The molecule has 3 aromatic carbocycles. The zero-order chi connectivity index (χ0) is 25.2. The summed E-state index contributed by atoms with van der Waals surface area (Å²) in [4.78, 5) is 44.3. The number of fused-ring (bicyclic) bond motifs is 5. The van der Waals surface area contributed by atoms with Gasteiger partial charge in [-0.15, -0.1) is 0 Å². The zero-order valence-electron chi connectivity index (χ0n) is 20.2. The van der Waals surface area contributed by atoms with Gasteiger partial charge in [-0.1, -0.05) is 98.2 Å². The summed E-state index contributed by atoms with van der Waals surface area (Å²) in [6.45, 7) is 3.93. The van der Waals surface area contributed by atoms with Crippen molar-refractivity contribution in [3.63, 3.8) is 0 Å². The average molecular weight is 496 g/mol. The summed E-state index contributed by atoms with van der Waals surface area (Å²) in [7, 11) is 0. The van der Waals surface area contributed by atoms with Crippen LogP contribution in [0.5, 0.6) is 0 Å². The van der Waals surface area contributed by atoms with Crippen LogP contribution in [-0.4, -0.2) is 17.6 Å². The fourth-order valence-electron chi connectivity index (χ4n) is 7.33. The Morgan fingerprint density at radius 3 is 1.50 bits per heavy atom. The number of hydrogen-bond donors (Lipinski definition) is 0. The first-order valence-corrected chi connectivity index (χ1v) is 12.9. The van der Waals surface area contributed by atoms with E-state index in [0.29, 0.717) is 23.6 Å². The van der Waals surface area contributed by atoms with Gasteiger partial charge in [0.25, 0.3) is 0 Å². The topological polar surface area (TPSA) is 54.5 Å². The molecule has 0 aromatic heterocycles. The number of anilines is 1. The van der Waals surface area contributed by atoms with Crippen LogP contribution in [0.4, 0.5) is 5.69 Å². The van der Waals surface area contributed by atoms with Crippen molar-refractivity contribution in [2.45, 2.75) is 26.7 Å². The number of halogens is 1. The number of para-hydroxylation sites is 1. The molecule has 2 bridgehead atoms. The second-order valence-electron chi connectivity index (χ2n) is 9.88. The lowest BCUT2D eigenvalue weighted by Crippen LogP contribution is -2.42. The van der Waals surface area contributed by atoms with Gasteiger partial charge in [-0.25, -0.2) is 4.90 Å². The van der Waals surface area contributed by atoms with E-state index in [4.69, 9.17) is 11.6 Å². The number of amides is 2. The summed E-state index contributed by atoms with van der Waals surface area (Å²) in [6.07, 6.45) is 0.870.